The maximum atomic E-state index is 12.2. The predicted octanol–water partition coefficient (Wildman–Crippen LogP) is 3.30. The van der Waals surface area contributed by atoms with Gasteiger partial charge in [-0.2, -0.15) is 13.2 Å². The number of halogens is 3. The standard InChI is InChI=1S/C13H11F3N2OS/c1-8-7-20-11(18-8)10-5-3-2-4-9(10)6-17-12(19)13(14,15)16/h2-5,7H,6H2,1H3,(H,17,19). The van der Waals surface area contributed by atoms with Crippen molar-refractivity contribution in [1.82, 2.24) is 10.3 Å². The SMILES string of the molecule is Cc1csc(-c2ccccc2CNC(=O)C(F)(F)F)n1. The van der Waals surface area contributed by atoms with Gasteiger partial charge in [0.05, 0.1) is 0 Å². The highest BCUT2D eigenvalue weighted by atomic mass is 32.1. The van der Waals surface area contributed by atoms with E-state index in [-0.39, 0.29) is 6.54 Å². The number of rotatable bonds is 3. The Morgan fingerprint density at radius 3 is 2.65 bits per heavy atom. The molecule has 0 aliphatic heterocycles. The molecule has 0 fully saturated rings. The van der Waals surface area contributed by atoms with Gasteiger partial charge in [0.1, 0.15) is 5.01 Å². The van der Waals surface area contributed by atoms with E-state index in [0.29, 0.717) is 5.56 Å². The van der Waals surface area contributed by atoms with Gasteiger partial charge in [0.25, 0.3) is 0 Å². The highest BCUT2D eigenvalue weighted by Gasteiger charge is 2.38. The maximum absolute atomic E-state index is 12.2. The van der Waals surface area contributed by atoms with E-state index in [1.165, 1.54) is 11.3 Å². The molecule has 0 saturated heterocycles. The number of aromatic nitrogens is 1. The minimum atomic E-state index is -4.87. The summed E-state index contributed by atoms with van der Waals surface area (Å²) >= 11 is 1.41. The van der Waals surface area contributed by atoms with Crippen LogP contribution in [0.1, 0.15) is 11.3 Å². The molecule has 0 saturated carbocycles. The van der Waals surface area contributed by atoms with Crippen LogP contribution in [0.4, 0.5) is 13.2 Å². The largest absolute Gasteiger partial charge is 0.471 e. The Balaban J connectivity index is 2.19. The molecular formula is C13H11F3N2OS. The van der Waals surface area contributed by atoms with E-state index in [1.807, 2.05) is 17.6 Å². The highest BCUT2D eigenvalue weighted by molar-refractivity contribution is 7.13. The van der Waals surface area contributed by atoms with Crippen molar-refractivity contribution in [3.05, 3.63) is 40.9 Å². The number of hydrogen-bond donors (Lipinski definition) is 1. The van der Waals surface area contributed by atoms with Gasteiger partial charge in [0.2, 0.25) is 0 Å². The first-order chi connectivity index (χ1) is 9.38. The summed E-state index contributed by atoms with van der Waals surface area (Å²) in [5.74, 6) is -1.94. The molecule has 20 heavy (non-hydrogen) atoms. The number of carbonyl (C=O) groups excluding carboxylic acids is 1. The Hall–Kier alpha value is -1.89. The Bertz CT molecular complexity index is 622. The molecule has 2 aromatic rings. The summed E-state index contributed by atoms with van der Waals surface area (Å²) in [5.41, 5.74) is 2.17. The van der Waals surface area contributed by atoms with Crippen molar-refractivity contribution in [3.8, 4) is 10.6 Å². The van der Waals surface area contributed by atoms with Gasteiger partial charge in [-0.05, 0) is 12.5 Å². The first-order valence-corrected chi connectivity index (χ1v) is 6.61. The smallest absolute Gasteiger partial charge is 0.344 e. The topological polar surface area (TPSA) is 42.0 Å². The highest BCUT2D eigenvalue weighted by Crippen LogP contribution is 2.27. The lowest BCUT2D eigenvalue weighted by atomic mass is 10.1. The molecule has 0 aliphatic carbocycles. The predicted molar refractivity (Wildman–Crippen MR) is 70.2 cm³/mol. The third kappa shape index (κ3) is 3.36. The Labute approximate surface area is 117 Å². The molecule has 0 radical (unpaired) electrons. The van der Waals surface area contributed by atoms with Gasteiger partial charge in [0.15, 0.2) is 0 Å². The monoisotopic (exact) mass is 300 g/mol. The molecule has 1 amide bonds. The molecule has 1 aromatic carbocycles. The molecule has 1 aromatic heterocycles. The van der Waals surface area contributed by atoms with Crippen LogP contribution in [0.25, 0.3) is 10.6 Å². The number of nitrogens with zero attached hydrogens (tertiary/aromatic N) is 1. The second-order valence-electron chi connectivity index (χ2n) is 4.13. The zero-order chi connectivity index (χ0) is 14.8. The fourth-order valence-corrected chi connectivity index (χ4v) is 2.49. The number of hydrogen-bond acceptors (Lipinski definition) is 3. The van der Waals surface area contributed by atoms with Gasteiger partial charge in [-0.1, -0.05) is 24.3 Å². The van der Waals surface area contributed by atoms with Crippen molar-refractivity contribution >= 4 is 17.2 Å². The van der Waals surface area contributed by atoms with Gasteiger partial charge >= 0.3 is 12.1 Å². The fraction of sp³-hybridized carbons (Fsp3) is 0.231. The minimum Gasteiger partial charge on any atom is -0.344 e. The summed E-state index contributed by atoms with van der Waals surface area (Å²) in [6.45, 7) is 1.65. The van der Waals surface area contributed by atoms with Crippen LogP contribution in [-0.4, -0.2) is 17.1 Å². The van der Waals surface area contributed by atoms with Crippen molar-refractivity contribution in [1.29, 1.82) is 0 Å². The molecule has 2 rings (SSSR count). The first kappa shape index (κ1) is 14.5. The van der Waals surface area contributed by atoms with E-state index in [4.69, 9.17) is 0 Å². The number of aryl methyl sites for hydroxylation is 1. The number of thiazole rings is 1. The van der Waals surface area contributed by atoms with E-state index < -0.39 is 12.1 Å². The normalized spacial score (nSPS) is 11.4. The Morgan fingerprint density at radius 1 is 1.35 bits per heavy atom. The van der Waals surface area contributed by atoms with Crippen LogP contribution in [0.15, 0.2) is 29.6 Å². The van der Waals surface area contributed by atoms with Gasteiger partial charge in [-0.15, -0.1) is 11.3 Å². The quantitative estimate of drug-likeness (QED) is 0.945. The van der Waals surface area contributed by atoms with E-state index in [9.17, 15) is 18.0 Å². The fourth-order valence-electron chi connectivity index (χ4n) is 1.64. The number of alkyl halides is 3. The minimum absolute atomic E-state index is 0.187. The van der Waals surface area contributed by atoms with Crippen molar-refractivity contribution in [2.75, 3.05) is 0 Å². The zero-order valence-electron chi connectivity index (χ0n) is 10.5. The second-order valence-corrected chi connectivity index (χ2v) is 4.99. The Kier molecular flexibility index (Phi) is 4.08. The van der Waals surface area contributed by atoms with Crippen LogP contribution in [-0.2, 0) is 11.3 Å². The van der Waals surface area contributed by atoms with Crippen LogP contribution < -0.4 is 5.32 Å². The average molecular weight is 300 g/mol. The van der Waals surface area contributed by atoms with E-state index >= 15 is 0 Å². The maximum Gasteiger partial charge on any atom is 0.471 e. The number of nitrogens with one attached hydrogen (secondary N) is 1. The third-order valence-electron chi connectivity index (χ3n) is 2.56. The summed E-state index contributed by atoms with van der Waals surface area (Å²) in [5, 5.41) is 4.45. The van der Waals surface area contributed by atoms with Crippen molar-refractivity contribution in [2.24, 2.45) is 0 Å². The second kappa shape index (κ2) is 5.62. The zero-order valence-corrected chi connectivity index (χ0v) is 11.3. The van der Waals surface area contributed by atoms with Crippen LogP contribution >= 0.6 is 11.3 Å². The molecule has 0 aliphatic rings. The lowest BCUT2D eigenvalue weighted by molar-refractivity contribution is -0.173. The third-order valence-corrected chi connectivity index (χ3v) is 3.56. The lowest BCUT2D eigenvalue weighted by Gasteiger charge is -2.10. The van der Waals surface area contributed by atoms with Crippen LogP contribution in [0.2, 0.25) is 0 Å². The molecule has 3 nitrogen and oxygen atoms in total. The first-order valence-electron chi connectivity index (χ1n) is 5.73. The molecule has 106 valence electrons. The molecule has 7 heteroatoms. The molecular weight excluding hydrogens is 289 g/mol. The van der Waals surface area contributed by atoms with Crippen LogP contribution in [0.3, 0.4) is 0 Å². The van der Waals surface area contributed by atoms with Gasteiger partial charge in [-0.3, -0.25) is 4.79 Å². The molecule has 0 bridgehead atoms. The number of benzene rings is 1. The van der Waals surface area contributed by atoms with Crippen molar-refractivity contribution < 1.29 is 18.0 Å². The summed E-state index contributed by atoms with van der Waals surface area (Å²) in [6, 6.07) is 6.93. The average Bonchev–Trinajstić information content (AvgIpc) is 2.81. The lowest BCUT2D eigenvalue weighted by Crippen LogP contribution is -2.36. The van der Waals surface area contributed by atoms with E-state index in [2.05, 4.69) is 4.98 Å². The number of carbonyl (C=O) groups is 1. The van der Waals surface area contributed by atoms with Crippen LogP contribution in [0, 0.1) is 6.92 Å². The van der Waals surface area contributed by atoms with Crippen molar-refractivity contribution in [2.45, 2.75) is 19.6 Å². The molecule has 1 heterocycles. The molecule has 0 atom stereocenters. The van der Waals surface area contributed by atoms with Gasteiger partial charge < -0.3 is 5.32 Å². The summed E-state index contributed by atoms with van der Waals surface area (Å²) in [6.07, 6.45) is -4.87. The summed E-state index contributed by atoms with van der Waals surface area (Å²) < 4.78 is 36.5. The summed E-state index contributed by atoms with van der Waals surface area (Å²) in [4.78, 5) is 15.1. The van der Waals surface area contributed by atoms with Gasteiger partial charge in [-0.25, -0.2) is 4.98 Å². The molecule has 0 spiro atoms. The molecule has 1 N–H and O–H groups in total. The Morgan fingerprint density at radius 2 is 2.05 bits per heavy atom. The van der Waals surface area contributed by atoms with E-state index in [0.717, 1.165) is 16.3 Å². The molecule has 0 unspecified atom stereocenters. The summed E-state index contributed by atoms with van der Waals surface area (Å²) in [7, 11) is 0. The van der Waals surface area contributed by atoms with Crippen LogP contribution in [0.5, 0.6) is 0 Å². The number of amides is 1. The van der Waals surface area contributed by atoms with E-state index in [1.54, 1.807) is 24.3 Å². The van der Waals surface area contributed by atoms with Crippen molar-refractivity contribution in [3.63, 3.8) is 0 Å². The van der Waals surface area contributed by atoms with Gasteiger partial charge in [0, 0.05) is 23.2 Å².